The van der Waals surface area contributed by atoms with Crippen LogP contribution in [0.15, 0.2) is 12.1 Å². The first-order chi connectivity index (χ1) is 11.6. The minimum absolute atomic E-state index is 0.116. The Hall–Kier alpha value is -1.17. The second-order valence-corrected chi connectivity index (χ2v) is 7.48. The number of rotatable bonds is 5. The molecule has 1 aromatic heterocycles. The van der Waals surface area contributed by atoms with Gasteiger partial charge >= 0.3 is 0 Å². The summed E-state index contributed by atoms with van der Waals surface area (Å²) in [6.07, 6.45) is 3.71. The van der Waals surface area contributed by atoms with Crippen LogP contribution in [0.3, 0.4) is 0 Å². The van der Waals surface area contributed by atoms with Crippen molar-refractivity contribution in [2.45, 2.75) is 64.1 Å². The predicted molar refractivity (Wildman–Crippen MR) is 96.3 cm³/mol. The Kier molecular flexibility index (Phi) is 6.09. The number of aromatic nitrogens is 1. The molecule has 24 heavy (non-hydrogen) atoms. The van der Waals surface area contributed by atoms with E-state index in [4.69, 9.17) is 9.72 Å². The van der Waals surface area contributed by atoms with E-state index in [1.165, 1.54) is 5.56 Å². The molecule has 1 saturated heterocycles. The lowest BCUT2D eigenvalue weighted by Crippen LogP contribution is -2.35. The van der Waals surface area contributed by atoms with Crippen LogP contribution in [0.2, 0.25) is 0 Å². The van der Waals surface area contributed by atoms with Crippen molar-refractivity contribution in [2.75, 3.05) is 31.6 Å². The number of nitrogens with zero attached hydrogens (tertiary/aromatic N) is 2. The molecule has 0 spiro atoms. The molecule has 2 fully saturated rings. The minimum atomic E-state index is -0.116. The Balaban J connectivity index is 1.70. The Morgan fingerprint density at radius 2 is 1.92 bits per heavy atom. The van der Waals surface area contributed by atoms with Crippen LogP contribution in [0.5, 0.6) is 0 Å². The molecule has 3 rings (SSSR count). The third kappa shape index (κ3) is 4.91. The third-order valence-corrected chi connectivity index (χ3v) is 5.06. The summed E-state index contributed by atoms with van der Waals surface area (Å²) in [5.41, 5.74) is 2.48. The van der Waals surface area contributed by atoms with Gasteiger partial charge in [-0.05, 0) is 49.3 Å². The second-order valence-electron chi connectivity index (χ2n) is 7.48. The van der Waals surface area contributed by atoms with E-state index in [1.807, 2.05) is 0 Å². The van der Waals surface area contributed by atoms with E-state index >= 15 is 0 Å². The van der Waals surface area contributed by atoms with Crippen molar-refractivity contribution in [2.24, 2.45) is 0 Å². The van der Waals surface area contributed by atoms with Crippen molar-refractivity contribution in [1.82, 2.24) is 9.88 Å². The van der Waals surface area contributed by atoms with Crippen LogP contribution in [0.4, 0.5) is 5.82 Å². The normalized spacial score (nSPS) is 25.8. The molecule has 0 aromatic carbocycles. The van der Waals surface area contributed by atoms with Gasteiger partial charge in [-0.3, -0.25) is 4.90 Å². The summed E-state index contributed by atoms with van der Waals surface area (Å²) in [4.78, 5) is 7.27. The lowest BCUT2D eigenvalue weighted by Gasteiger charge is -2.28. The van der Waals surface area contributed by atoms with E-state index in [1.54, 1.807) is 0 Å². The van der Waals surface area contributed by atoms with E-state index < -0.39 is 0 Å². The first kappa shape index (κ1) is 17.6. The van der Waals surface area contributed by atoms with Gasteiger partial charge in [-0.1, -0.05) is 13.8 Å². The van der Waals surface area contributed by atoms with Crippen molar-refractivity contribution < 1.29 is 9.84 Å². The zero-order valence-electron chi connectivity index (χ0n) is 15.0. The van der Waals surface area contributed by atoms with E-state index in [0.29, 0.717) is 12.0 Å². The fourth-order valence-electron chi connectivity index (χ4n) is 3.52. The van der Waals surface area contributed by atoms with Crippen LogP contribution < -0.4 is 5.32 Å². The molecule has 1 aliphatic carbocycles. The second kappa shape index (κ2) is 8.28. The molecule has 0 atom stereocenters. The van der Waals surface area contributed by atoms with Gasteiger partial charge in [0.15, 0.2) is 0 Å². The molecule has 2 heterocycles. The summed E-state index contributed by atoms with van der Waals surface area (Å²) in [7, 11) is 0. The highest BCUT2D eigenvalue weighted by molar-refractivity contribution is 5.41. The number of anilines is 1. The van der Waals surface area contributed by atoms with Crippen LogP contribution in [-0.4, -0.2) is 53.4 Å². The molecule has 1 aliphatic heterocycles. The van der Waals surface area contributed by atoms with E-state index in [2.05, 4.69) is 36.2 Å². The SMILES string of the molecule is CC(C)c1cc(CN2CCOCC2)cc(NC2CCC(O)CC2)n1. The number of aliphatic hydroxyl groups excluding tert-OH is 1. The van der Waals surface area contributed by atoms with Gasteiger partial charge in [0.25, 0.3) is 0 Å². The molecule has 5 nitrogen and oxygen atoms in total. The molecule has 1 aromatic rings. The molecule has 2 N–H and O–H groups in total. The fourth-order valence-corrected chi connectivity index (χ4v) is 3.52. The molecule has 5 heteroatoms. The van der Waals surface area contributed by atoms with Crippen molar-refractivity contribution >= 4 is 5.82 Å². The number of nitrogens with one attached hydrogen (secondary N) is 1. The van der Waals surface area contributed by atoms with Gasteiger partial charge in [0.1, 0.15) is 5.82 Å². The molecule has 0 radical (unpaired) electrons. The first-order valence-electron chi connectivity index (χ1n) is 9.35. The van der Waals surface area contributed by atoms with Crippen molar-refractivity contribution in [3.8, 4) is 0 Å². The summed E-state index contributed by atoms with van der Waals surface area (Å²) in [5.74, 6) is 1.41. The quantitative estimate of drug-likeness (QED) is 0.868. The van der Waals surface area contributed by atoms with E-state index in [9.17, 15) is 5.11 Å². The van der Waals surface area contributed by atoms with Gasteiger partial charge in [-0.25, -0.2) is 4.98 Å². The van der Waals surface area contributed by atoms with Gasteiger partial charge in [0.05, 0.1) is 19.3 Å². The largest absolute Gasteiger partial charge is 0.393 e. The summed E-state index contributed by atoms with van der Waals surface area (Å²) in [5, 5.41) is 13.3. The van der Waals surface area contributed by atoms with Crippen LogP contribution in [0.1, 0.15) is 56.7 Å². The minimum Gasteiger partial charge on any atom is -0.393 e. The summed E-state index contributed by atoms with van der Waals surface area (Å²) < 4.78 is 5.45. The van der Waals surface area contributed by atoms with Crippen LogP contribution >= 0.6 is 0 Å². The molecular weight excluding hydrogens is 302 g/mol. The third-order valence-electron chi connectivity index (χ3n) is 5.06. The molecule has 0 amide bonds. The van der Waals surface area contributed by atoms with Crippen LogP contribution in [0.25, 0.3) is 0 Å². The lowest BCUT2D eigenvalue weighted by atomic mass is 9.93. The number of morpholine rings is 1. The van der Waals surface area contributed by atoms with Gasteiger partial charge < -0.3 is 15.2 Å². The average Bonchev–Trinajstić information content (AvgIpc) is 2.58. The Morgan fingerprint density at radius 3 is 2.58 bits per heavy atom. The van der Waals surface area contributed by atoms with Gasteiger partial charge in [-0.15, -0.1) is 0 Å². The monoisotopic (exact) mass is 333 g/mol. The number of hydrogen-bond acceptors (Lipinski definition) is 5. The summed E-state index contributed by atoms with van der Waals surface area (Å²) in [6, 6.07) is 4.88. The van der Waals surface area contributed by atoms with E-state index in [0.717, 1.165) is 70.0 Å². The summed E-state index contributed by atoms with van der Waals surface area (Å²) in [6.45, 7) is 9.02. The average molecular weight is 333 g/mol. The maximum absolute atomic E-state index is 9.68. The van der Waals surface area contributed by atoms with Crippen molar-refractivity contribution in [3.05, 3.63) is 23.4 Å². The number of pyridine rings is 1. The molecule has 0 unspecified atom stereocenters. The van der Waals surface area contributed by atoms with Crippen molar-refractivity contribution in [1.29, 1.82) is 0 Å². The lowest BCUT2D eigenvalue weighted by molar-refractivity contribution is 0.0342. The molecule has 2 aliphatic rings. The molecule has 0 bridgehead atoms. The van der Waals surface area contributed by atoms with Gasteiger partial charge in [0.2, 0.25) is 0 Å². The van der Waals surface area contributed by atoms with Gasteiger partial charge in [-0.2, -0.15) is 0 Å². The first-order valence-corrected chi connectivity index (χ1v) is 9.35. The zero-order valence-corrected chi connectivity index (χ0v) is 15.0. The smallest absolute Gasteiger partial charge is 0.126 e. The maximum atomic E-state index is 9.68. The van der Waals surface area contributed by atoms with Crippen LogP contribution in [-0.2, 0) is 11.3 Å². The Morgan fingerprint density at radius 1 is 1.21 bits per heavy atom. The summed E-state index contributed by atoms with van der Waals surface area (Å²) >= 11 is 0. The number of ether oxygens (including phenoxy) is 1. The maximum Gasteiger partial charge on any atom is 0.126 e. The fraction of sp³-hybridized carbons (Fsp3) is 0.737. The highest BCUT2D eigenvalue weighted by Gasteiger charge is 2.20. The Labute approximate surface area is 145 Å². The number of hydrogen-bond donors (Lipinski definition) is 2. The predicted octanol–water partition coefficient (Wildman–Crippen LogP) is 2.75. The number of aliphatic hydroxyl groups is 1. The molecule has 134 valence electrons. The van der Waals surface area contributed by atoms with Gasteiger partial charge in [0, 0.05) is 31.4 Å². The van der Waals surface area contributed by atoms with Crippen molar-refractivity contribution in [3.63, 3.8) is 0 Å². The van der Waals surface area contributed by atoms with Crippen LogP contribution in [0, 0.1) is 0 Å². The molecular formula is C19H31N3O2. The Bertz CT molecular complexity index is 521. The highest BCUT2D eigenvalue weighted by atomic mass is 16.5. The van der Waals surface area contributed by atoms with E-state index in [-0.39, 0.29) is 6.10 Å². The standard InChI is InChI=1S/C19H31N3O2/c1-14(2)18-11-15(13-22-7-9-24-10-8-22)12-19(21-18)20-16-3-5-17(23)6-4-16/h11-12,14,16-17,23H,3-10,13H2,1-2H3,(H,20,21). The highest BCUT2D eigenvalue weighted by Crippen LogP contribution is 2.24. The topological polar surface area (TPSA) is 57.6 Å². The zero-order chi connectivity index (χ0) is 16.9. The molecule has 1 saturated carbocycles.